The smallest absolute Gasteiger partial charge is 0.329 e. The van der Waals surface area contributed by atoms with E-state index in [1.807, 2.05) is 0 Å². The molecule has 33 heavy (non-hydrogen) atoms. The van der Waals surface area contributed by atoms with Gasteiger partial charge >= 0.3 is 5.69 Å². The molecule has 0 bridgehead atoms. The third-order valence-electron chi connectivity index (χ3n) is 6.92. The Labute approximate surface area is 190 Å². The number of halogens is 1. The highest BCUT2D eigenvalue weighted by molar-refractivity contribution is 5.94. The summed E-state index contributed by atoms with van der Waals surface area (Å²) in [5.41, 5.74) is 0.145. The number of rotatable bonds is 4. The molecule has 2 aliphatic rings. The summed E-state index contributed by atoms with van der Waals surface area (Å²) in [7, 11) is 0. The minimum atomic E-state index is -0.566. The molecule has 2 saturated heterocycles. The van der Waals surface area contributed by atoms with Gasteiger partial charge in [0, 0.05) is 19.1 Å². The summed E-state index contributed by atoms with van der Waals surface area (Å²) in [5.74, 6) is -0.878. The highest BCUT2D eigenvalue weighted by Gasteiger charge is 2.29. The Morgan fingerprint density at radius 1 is 1.00 bits per heavy atom. The summed E-state index contributed by atoms with van der Waals surface area (Å²) >= 11 is 0. The maximum absolute atomic E-state index is 14.6. The van der Waals surface area contributed by atoms with E-state index in [1.165, 1.54) is 29.5 Å². The van der Waals surface area contributed by atoms with Crippen molar-refractivity contribution in [2.24, 2.45) is 0 Å². The van der Waals surface area contributed by atoms with E-state index in [0.29, 0.717) is 35.6 Å². The maximum Gasteiger partial charge on any atom is 0.329 e. The van der Waals surface area contributed by atoms with Gasteiger partial charge in [-0.25, -0.2) is 9.18 Å². The van der Waals surface area contributed by atoms with Crippen LogP contribution < -0.4 is 11.2 Å². The zero-order valence-corrected chi connectivity index (χ0v) is 18.4. The number of para-hydroxylation sites is 1. The highest BCUT2D eigenvalue weighted by atomic mass is 19.1. The van der Waals surface area contributed by atoms with E-state index in [2.05, 4.69) is 9.88 Å². The van der Waals surface area contributed by atoms with Crippen LogP contribution in [-0.4, -0.2) is 57.5 Å². The third-order valence-corrected chi connectivity index (χ3v) is 6.92. The van der Waals surface area contributed by atoms with Crippen LogP contribution in [0.25, 0.3) is 10.9 Å². The Morgan fingerprint density at radius 2 is 1.73 bits per heavy atom. The number of piperidine rings is 1. The van der Waals surface area contributed by atoms with Gasteiger partial charge < -0.3 is 9.80 Å². The first-order valence-corrected chi connectivity index (χ1v) is 11.5. The molecule has 2 aromatic carbocycles. The van der Waals surface area contributed by atoms with Crippen molar-refractivity contribution in [1.29, 1.82) is 0 Å². The first-order chi connectivity index (χ1) is 16.0. The second kappa shape index (κ2) is 8.94. The number of aromatic amines is 1. The fraction of sp³-hybridized carbons (Fsp3) is 0.400. The number of carbonyl (C=O) groups is 1. The summed E-state index contributed by atoms with van der Waals surface area (Å²) in [4.78, 5) is 44.3. The lowest BCUT2D eigenvalue weighted by Crippen LogP contribution is -2.46. The van der Waals surface area contributed by atoms with Crippen molar-refractivity contribution in [3.05, 3.63) is 80.2 Å². The van der Waals surface area contributed by atoms with Gasteiger partial charge in [-0.15, -0.1) is 0 Å². The van der Waals surface area contributed by atoms with Gasteiger partial charge in [0.2, 0.25) is 0 Å². The number of nitrogens with zero attached hydrogens (tertiary/aromatic N) is 3. The van der Waals surface area contributed by atoms with E-state index in [0.717, 1.165) is 25.9 Å². The zero-order valence-electron chi connectivity index (χ0n) is 18.4. The second-order valence-corrected chi connectivity index (χ2v) is 8.94. The molecule has 0 saturated carbocycles. The van der Waals surface area contributed by atoms with E-state index in [9.17, 15) is 18.8 Å². The van der Waals surface area contributed by atoms with Crippen LogP contribution in [0.1, 0.15) is 41.6 Å². The fourth-order valence-electron chi connectivity index (χ4n) is 5.13. The van der Waals surface area contributed by atoms with Crippen LogP contribution in [0.5, 0.6) is 0 Å². The van der Waals surface area contributed by atoms with Gasteiger partial charge in [-0.3, -0.25) is 19.1 Å². The van der Waals surface area contributed by atoms with Crippen LogP contribution in [0.4, 0.5) is 4.39 Å². The largest absolute Gasteiger partial charge is 0.338 e. The predicted octanol–water partition coefficient (Wildman–Crippen LogP) is 2.58. The Morgan fingerprint density at radius 3 is 2.48 bits per heavy atom. The molecule has 3 heterocycles. The molecule has 0 radical (unpaired) electrons. The molecule has 8 heteroatoms. The molecule has 2 aliphatic heterocycles. The average Bonchev–Trinajstić information content (AvgIpc) is 3.37. The molecule has 0 atom stereocenters. The molecule has 2 fully saturated rings. The molecule has 5 rings (SSSR count). The Kier molecular flexibility index (Phi) is 5.85. The van der Waals surface area contributed by atoms with Crippen LogP contribution >= 0.6 is 0 Å². The standard InChI is InChI=1S/C25H27FN4O3/c26-21-8-7-17(16-30-22-6-2-1-5-19(22)23(31)27-25(30)33)15-20(21)24(32)29-13-9-18(10-14-29)28-11-3-4-12-28/h1-2,5-8,15,18H,3-4,9-14,16H2,(H,27,31,33). The number of hydrogen-bond donors (Lipinski definition) is 1. The van der Waals surface area contributed by atoms with Crippen LogP contribution in [0.2, 0.25) is 0 Å². The molecular formula is C25H27FN4O3. The monoisotopic (exact) mass is 450 g/mol. The Bertz CT molecular complexity index is 1300. The van der Waals surface area contributed by atoms with Gasteiger partial charge in [-0.2, -0.15) is 0 Å². The highest BCUT2D eigenvalue weighted by Crippen LogP contribution is 2.23. The zero-order chi connectivity index (χ0) is 22.9. The number of H-pyrrole nitrogens is 1. The molecule has 0 unspecified atom stereocenters. The van der Waals surface area contributed by atoms with Gasteiger partial charge in [0.1, 0.15) is 5.82 Å². The van der Waals surface area contributed by atoms with Gasteiger partial charge in [0.05, 0.1) is 23.0 Å². The van der Waals surface area contributed by atoms with Crippen molar-refractivity contribution in [1.82, 2.24) is 19.4 Å². The molecule has 172 valence electrons. The van der Waals surface area contributed by atoms with E-state index in [4.69, 9.17) is 0 Å². The first kappa shape index (κ1) is 21.6. The number of amides is 1. The average molecular weight is 451 g/mol. The van der Waals surface area contributed by atoms with E-state index in [-0.39, 0.29) is 18.0 Å². The predicted molar refractivity (Wildman–Crippen MR) is 124 cm³/mol. The van der Waals surface area contributed by atoms with Crippen molar-refractivity contribution < 1.29 is 9.18 Å². The molecule has 3 aromatic rings. The summed E-state index contributed by atoms with van der Waals surface area (Å²) in [6.45, 7) is 3.62. The SMILES string of the molecule is O=C(c1cc(Cn2c(=O)[nH]c(=O)c3ccccc32)ccc1F)N1CCC(N2CCCC2)CC1. The molecular weight excluding hydrogens is 423 g/mol. The fourth-order valence-corrected chi connectivity index (χ4v) is 5.13. The minimum Gasteiger partial charge on any atom is -0.338 e. The van der Waals surface area contributed by atoms with Gasteiger partial charge in [0.15, 0.2) is 0 Å². The number of nitrogens with one attached hydrogen (secondary N) is 1. The minimum absolute atomic E-state index is 0.0221. The van der Waals surface area contributed by atoms with E-state index < -0.39 is 17.1 Å². The third kappa shape index (κ3) is 4.23. The second-order valence-electron chi connectivity index (χ2n) is 8.94. The lowest BCUT2D eigenvalue weighted by atomic mass is 10.0. The topological polar surface area (TPSA) is 78.4 Å². The molecule has 0 aliphatic carbocycles. The van der Waals surface area contributed by atoms with Gasteiger partial charge in [-0.1, -0.05) is 18.2 Å². The van der Waals surface area contributed by atoms with Crippen molar-refractivity contribution in [3.8, 4) is 0 Å². The number of hydrogen-bond acceptors (Lipinski definition) is 4. The number of fused-ring (bicyclic) bond motifs is 1. The summed E-state index contributed by atoms with van der Waals surface area (Å²) in [6, 6.07) is 11.7. The molecule has 1 amide bonds. The van der Waals surface area contributed by atoms with Crippen LogP contribution in [-0.2, 0) is 6.54 Å². The van der Waals surface area contributed by atoms with Crippen LogP contribution in [0.15, 0.2) is 52.1 Å². The number of carbonyl (C=O) groups excluding carboxylic acids is 1. The lowest BCUT2D eigenvalue weighted by molar-refractivity contribution is 0.0640. The molecule has 1 N–H and O–H groups in total. The van der Waals surface area contributed by atoms with Crippen molar-refractivity contribution in [2.75, 3.05) is 26.2 Å². The van der Waals surface area contributed by atoms with E-state index in [1.54, 1.807) is 35.2 Å². The number of benzene rings is 2. The van der Waals surface area contributed by atoms with Gasteiger partial charge in [0.25, 0.3) is 11.5 Å². The Balaban J connectivity index is 1.37. The number of aromatic nitrogens is 2. The van der Waals surface area contributed by atoms with Crippen LogP contribution in [0.3, 0.4) is 0 Å². The lowest BCUT2D eigenvalue weighted by Gasteiger charge is -2.36. The van der Waals surface area contributed by atoms with Gasteiger partial charge in [-0.05, 0) is 68.6 Å². The number of likely N-dealkylation sites (tertiary alicyclic amines) is 2. The van der Waals surface area contributed by atoms with Crippen molar-refractivity contribution in [3.63, 3.8) is 0 Å². The summed E-state index contributed by atoms with van der Waals surface area (Å²) < 4.78 is 16.1. The molecule has 0 spiro atoms. The summed E-state index contributed by atoms with van der Waals surface area (Å²) in [6.07, 6.45) is 4.30. The molecule has 1 aromatic heterocycles. The summed E-state index contributed by atoms with van der Waals surface area (Å²) in [5, 5.41) is 0.399. The van der Waals surface area contributed by atoms with Crippen molar-refractivity contribution in [2.45, 2.75) is 38.3 Å². The maximum atomic E-state index is 14.6. The normalized spacial score (nSPS) is 17.7. The first-order valence-electron chi connectivity index (χ1n) is 11.5. The van der Waals surface area contributed by atoms with Crippen molar-refractivity contribution >= 4 is 16.8 Å². The quantitative estimate of drug-likeness (QED) is 0.663. The molecule has 7 nitrogen and oxygen atoms in total. The van der Waals surface area contributed by atoms with Crippen LogP contribution in [0, 0.1) is 5.82 Å². The Hall–Kier alpha value is -3.26. The van der Waals surface area contributed by atoms with E-state index >= 15 is 0 Å².